The Hall–Kier alpha value is -2.15. The zero-order valence-electron chi connectivity index (χ0n) is 13.3. The maximum absolute atomic E-state index is 12.4. The summed E-state index contributed by atoms with van der Waals surface area (Å²) >= 11 is 1.50. The second-order valence-corrected chi connectivity index (χ2v) is 6.26. The van der Waals surface area contributed by atoms with E-state index in [1.54, 1.807) is 4.90 Å². The van der Waals surface area contributed by atoms with Crippen molar-refractivity contribution in [1.82, 2.24) is 15.2 Å². The third-order valence-electron chi connectivity index (χ3n) is 3.54. The van der Waals surface area contributed by atoms with Crippen LogP contribution in [0.2, 0.25) is 0 Å². The molecule has 0 bridgehead atoms. The number of ether oxygens (including phenoxy) is 1. The van der Waals surface area contributed by atoms with Crippen LogP contribution >= 0.6 is 11.8 Å². The number of amides is 1. The van der Waals surface area contributed by atoms with E-state index < -0.39 is 6.23 Å². The number of carbonyl (C=O) groups is 1. The number of rotatable bonds is 3. The molecule has 1 atom stereocenters. The van der Waals surface area contributed by atoms with Crippen molar-refractivity contribution in [3.8, 4) is 17.1 Å². The minimum Gasteiger partial charge on any atom is -0.452 e. The fourth-order valence-electron chi connectivity index (χ4n) is 2.54. The third kappa shape index (κ3) is 2.88. The molecule has 0 spiro atoms. The Labute approximate surface area is 139 Å². The Morgan fingerprint density at radius 3 is 2.83 bits per heavy atom. The minimum absolute atomic E-state index is 0.00567. The van der Waals surface area contributed by atoms with E-state index in [1.165, 1.54) is 11.8 Å². The lowest BCUT2D eigenvalue weighted by atomic mass is 10.1. The molecule has 0 N–H and O–H groups in total. The van der Waals surface area contributed by atoms with Crippen LogP contribution in [0.25, 0.3) is 11.3 Å². The lowest BCUT2D eigenvalue weighted by molar-refractivity contribution is -0.119. The van der Waals surface area contributed by atoms with Gasteiger partial charge in [0.15, 0.2) is 11.9 Å². The van der Waals surface area contributed by atoms with Gasteiger partial charge in [0.1, 0.15) is 0 Å². The van der Waals surface area contributed by atoms with Gasteiger partial charge in [-0.2, -0.15) is 4.98 Å². The molecule has 23 heavy (non-hydrogen) atoms. The van der Waals surface area contributed by atoms with Gasteiger partial charge >= 0.3 is 0 Å². The summed E-state index contributed by atoms with van der Waals surface area (Å²) in [7, 11) is 0. The predicted octanol–water partition coefficient (Wildman–Crippen LogP) is 3.13. The van der Waals surface area contributed by atoms with Gasteiger partial charge < -0.3 is 4.74 Å². The molecule has 1 aliphatic heterocycles. The van der Waals surface area contributed by atoms with Crippen LogP contribution in [0.1, 0.15) is 27.2 Å². The van der Waals surface area contributed by atoms with Gasteiger partial charge in [-0.15, -0.1) is 10.2 Å². The molecule has 2 heterocycles. The Morgan fingerprint density at radius 2 is 2.09 bits per heavy atom. The number of carbonyl (C=O) groups excluding carboxylic acids is 1. The van der Waals surface area contributed by atoms with Crippen LogP contribution in [0.5, 0.6) is 5.88 Å². The van der Waals surface area contributed by atoms with Crippen LogP contribution in [-0.4, -0.2) is 33.1 Å². The van der Waals surface area contributed by atoms with E-state index in [1.807, 2.05) is 45.0 Å². The predicted molar refractivity (Wildman–Crippen MR) is 89.5 cm³/mol. The second kappa shape index (κ2) is 6.54. The maximum atomic E-state index is 12.4. The molecule has 7 heteroatoms. The van der Waals surface area contributed by atoms with Crippen LogP contribution in [-0.2, 0) is 4.79 Å². The van der Waals surface area contributed by atoms with Crippen molar-refractivity contribution in [1.29, 1.82) is 0 Å². The summed E-state index contributed by atoms with van der Waals surface area (Å²) < 4.78 is 5.94. The first-order chi connectivity index (χ1) is 11.2. The summed E-state index contributed by atoms with van der Waals surface area (Å²) in [5, 5.41) is 9.03. The Balaban J connectivity index is 2.16. The number of nitrogens with zero attached hydrogens (tertiary/aromatic N) is 4. The highest BCUT2D eigenvalue weighted by atomic mass is 32.2. The number of benzene rings is 1. The summed E-state index contributed by atoms with van der Waals surface area (Å²) in [5.74, 6) is 1.27. The average molecular weight is 330 g/mol. The fraction of sp³-hybridized carbons (Fsp3) is 0.375. The van der Waals surface area contributed by atoms with Crippen molar-refractivity contribution >= 4 is 23.4 Å². The standard InChI is InChI=1S/C16H18N4O2S/c1-4-13(21)20-10(3)22-15-14(11-8-6-7-9-12(11)20)18-19-16(17-15)23-5-2/h6-10H,4-5H2,1-3H3/t10-/m0/s1. The zero-order valence-corrected chi connectivity index (χ0v) is 14.1. The molecule has 0 aliphatic carbocycles. The van der Waals surface area contributed by atoms with Gasteiger partial charge in [-0.05, 0) is 18.7 Å². The smallest absolute Gasteiger partial charge is 0.247 e. The van der Waals surface area contributed by atoms with Gasteiger partial charge in [0.05, 0.1) is 5.69 Å². The summed E-state index contributed by atoms with van der Waals surface area (Å²) in [6.45, 7) is 5.71. The first kappa shape index (κ1) is 15.7. The molecule has 0 unspecified atom stereocenters. The van der Waals surface area contributed by atoms with E-state index in [-0.39, 0.29) is 5.91 Å². The molecule has 0 saturated carbocycles. The number of thioether (sulfide) groups is 1. The van der Waals surface area contributed by atoms with Gasteiger partial charge in [0, 0.05) is 12.0 Å². The molecule has 1 aliphatic rings. The van der Waals surface area contributed by atoms with Crippen LogP contribution < -0.4 is 9.64 Å². The van der Waals surface area contributed by atoms with Gasteiger partial charge in [-0.1, -0.05) is 43.8 Å². The highest BCUT2D eigenvalue weighted by molar-refractivity contribution is 7.99. The molecular formula is C16H18N4O2S. The Kier molecular flexibility index (Phi) is 4.47. The second-order valence-electron chi connectivity index (χ2n) is 5.03. The van der Waals surface area contributed by atoms with E-state index in [2.05, 4.69) is 15.2 Å². The molecule has 0 saturated heterocycles. The third-order valence-corrected chi connectivity index (χ3v) is 4.26. The molecule has 2 aromatic rings. The summed E-state index contributed by atoms with van der Waals surface area (Å²) in [5.41, 5.74) is 2.15. The van der Waals surface area contributed by atoms with E-state index in [0.29, 0.717) is 23.2 Å². The first-order valence-corrected chi connectivity index (χ1v) is 8.59. The molecule has 120 valence electrons. The SMILES string of the molecule is CCSc1nnc2c(n1)O[C@@H](C)N(C(=O)CC)c1ccccc1-2. The van der Waals surface area contributed by atoms with Gasteiger partial charge in [0.25, 0.3) is 0 Å². The molecule has 1 aromatic heterocycles. The van der Waals surface area contributed by atoms with Crippen LogP contribution in [0.3, 0.4) is 0 Å². The van der Waals surface area contributed by atoms with Crippen molar-refractivity contribution in [2.45, 2.75) is 38.6 Å². The monoisotopic (exact) mass is 330 g/mol. The quantitative estimate of drug-likeness (QED) is 0.805. The lowest BCUT2D eigenvalue weighted by Gasteiger charge is -2.27. The van der Waals surface area contributed by atoms with E-state index in [9.17, 15) is 4.79 Å². The van der Waals surface area contributed by atoms with Crippen molar-refractivity contribution < 1.29 is 9.53 Å². The number of hydrogen-bond donors (Lipinski definition) is 0. The van der Waals surface area contributed by atoms with E-state index >= 15 is 0 Å². The topological polar surface area (TPSA) is 68.2 Å². The van der Waals surface area contributed by atoms with Crippen LogP contribution in [0, 0.1) is 0 Å². The van der Waals surface area contributed by atoms with Crippen LogP contribution in [0.15, 0.2) is 29.4 Å². The van der Waals surface area contributed by atoms with Gasteiger partial charge in [-0.25, -0.2) is 0 Å². The van der Waals surface area contributed by atoms with Gasteiger partial charge in [-0.3, -0.25) is 9.69 Å². The molecule has 1 amide bonds. The van der Waals surface area contributed by atoms with Crippen molar-refractivity contribution in [2.24, 2.45) is 0 Å². The summed E-state index contributed by atoms with van der Waals surface area (Å²) in [4.78, 5) is 18.5. The number of anilines is 1. The van der Waals surface area contributed by atoms with E-state index in [0.717, 1.165) is 17.0 Å². The van der Waals surface area contributed by atoms with Gasteiger partial charge in [0.2, 0.25) is 16.9 Å². The highest BCUT2D eigenvalue weighted by Gasteiger charge is 2.31. The summed E-state index contributed by atoms with van der Waals surface area (Å²) in [6.07, 6.45) is -0.0601. The van der Waals surface area contributed by atoms with Crippen molar-refractivity contribution in [3.05, 3.63) is 24.3 Å². The Bertz CT molecular complexity index is 738. The maximum Gasteiger partial charge on any atom is 0.247 e. The first-order valence-electron chi connectivity index (χ1n) is 7.61. The lowest BCUT2D eigenvalue weighted by Crippen LogP contribution is -2.41. The summed E-state index contributed by atoms with van der Waals surface area (Å²) in [6, 6.07) is 7.61. The van der Waals surface area contributed by atoms with Crippen LogP contribution in [0.4, 0.5) is 5.69 Å². The number of aromatic nitrogens is 3. The highest BCUT2D eigenvalue weighted by Crippen LogP contribution is 2.39. The fourth-order valence-corrected chi connectivity index (χ4v) is 3.04. The molecule has 1 aromatic carbocycles. The Morgan fingerprint density at radius 1 is 1.30 bits per heavy atom. The zero-order chi connectivity index (χ0) is 16.4. The molecule has 0 radical (unpaired) electrons. The minimum atomic E-state index is -0.457. The molecule has 3 rings (SSSR count). The number of fused-ring (bicyclic) bond motifs is 3. The normalized spacial score (nSPS) is 16.1. The largest absolute Gasteiger partial charge is 0.452 e. The number of hydrogen-bond acceptors (Lipinski definition) is 6. The van der Waals surface area contributed by atoms with E-state index in [4.69, 9.17) is 4.74 Å². The molecular weight excluding hydrogens is 312 g/mol. The van der Waals surface area contributed by atoms with Crippen molar-refractivity contribution in [2.75, 3.05) is 10.7 Å². The molecule has 0 fully saturated rings. The number of para-hydroxylation sites is 1. The molecule has 6 nitrogen and oxygen atoms in total. The average Bonchev–Trinajstić information content (AvgIpc) is 2.67. The van der Waals surface area contributed by atoms with Crippen molar-refractivity contribution in [3.63, 3.8) is 0 Å².